The van der Waals surface area contributed by atoms with Gasteiger partial charge in [-0.25, -0.2) is 0 Å². The largest absolute Gasteiger partial charge is 0.493 e. The molecule has 3 rings (SSSR count). The summed E-state index contributed by atoms with van der Waals surface area (Å²) in [6.45, 7) is 14.8. The lowest BCUT2D eigenvalue weighted by atomic mass is 10.1. The van der Waals surface area contributed by atoms with Crippen molar-refractivity contribution >= 4 is 59.2 Å². The first-order valence-corrected chi connectivity index (χ1v) is 16.6. The number of hydrogen-bond donors (Lipinski definition) is 0. The molecule has 6 heteroatoms. The average molecular weight is 563 g/mol. The summed E-state index contributed by atoms with van der Waals surface area (Å²) in [5.74, 6) is 1.92. The molecule has 0 aliphatic carbocycles. The molecule has 0 spiro atoms. The van der Waals surface area contributed by atoms with Crippen LogP contribution in [-0.2, 0) is 0 Å². The Hall–Kier alpha value is -0.820. The first-order valence-electron chi connectivity index (χ1n) is 13.3. The summed E-state index contributed by atoms with van der Waals surface area (Å²) >= 11 is 7.44. The van der Waals surface area contributed by atoms with E-state index in [1.807, 2.05) is 47.0 Å². The minimum atomic E-state index is 0.753. The lowest BCUT2D eigenvalue weighted by molar-refractivity contribution is 0.296. The Balaban J connectivity index is 1.91. The van der Waals surface area contributed by atoms with Crippen molar-refractivity contribution in [3.63, 3.8) is 0 Å². The van der Waals surface area contributed by atoms with E-state index in [1.165, 1.54) is 66.6 Å². The van der Waals surface area contributed by atoms with Crippen molar-refractivity contribution in [1.29, 1.82) is 0 Å². The molecule has 0 amide bonds. The highest BCUT2D eigenvalue weighted by Gasteiger charge is 2.19. The number of rotatable bonds is 14. The van der Waals surface area contributed by atoms with Crippen LogP contribution in [0.3, 0.4) is 0 Å². The van der Waals surface area contributed by atoms with Crippen LogP contribution in [-0.4, -0.2) is 13.2 Å². The van der Waals surface area contributed by atoms with Crippen LogP contribution in [0.4, 0.5) is 0 Å². The van der Waals surface area contributed by atoms with Crippen molar-refractivity contribution in [3.8, 4) is 11.5 Å². The second-order valence-electron chi connectivity index (χ2n) is 9.31. The number of thioether (sulfide) groups is 4. The second kappa shape index (κ2) is 15.6. The predicted molar refractivity (Wildman–Crippen MR) is 169 cm³/mol. The van der Waals surface area contributed by atoms with Gasteiger partial charge < -0.3 is 9.47 Å². The highest BCUT2D eigenvalue weighted by Crippen LogP contribution is 2.51. The third kappa shape index (κ3) is 9.18. The van der Waals surface area contributed by atoms with Gasteiger partial charge in [-0.3, -0.25) is 0 Å². The van der Waals surface area contributed by atoms with Gasteiger partial charge in [0.05, 0.1) is 13.2 Å². The molecule has 0 fully saturated rings. The lowest BCUT2D eigenvalue weighted by Crippen LogP contribution is -2.03. The van der Waals surface area contributed by atoms with Crippen LogP contribution in [0.25, 0.3) is 12.2 Å². The zero-order valence-electron chi connectivity index (χ0n) is 22.8. The fourth-order valence-electron chi connectivity index (χ4n) is 3.79. The zero-order chi connectivity index (χ0) is 25.9. The Morgan fingerprint density at radius 3 is 1.25 bits per heavy atom. The molecule has 0 aromatic heterocycles. The van der Waals surface area contributed by atoms with E-state index in [0.717, 1.165) is 48.7 Å². The van der Waals surface area contributed by atoms with Crippen molar-refractivity contribution in [2.45, 2.75) is 92.9 Å². The van der Waals surface area contributed by atoms with Crippen LogP contribution < -0.4 is 9.47 Å². The fourth-order valence-corrected chi connectivity index (χ4v) is 8.65. The van der Waals surface area contributed by atoms with Crippen molar-refractivity contribution < 1.29 is 9.47 Å². The molecule has 1 aromatic rings. The van der Waals surface area contributed by atoms with Crippen LogP contribution >= 0.6 is 47.0 Å². The van der Waals surface area contributed by atoms with Crippen LogP contribution in [0.1, 0.15) is 104 Å². The van der Waals surface area contributed by atoms with E-state index in [2.05, 4.69) is 65.8 Å². The smallest absolute Gasteiger partial charge is 0.127 e. The van der Waals surface area contributed by atoms with Crippen LogP contribution in [0.2, 0.25) is 0 Å². The molecule has 0 bridgehead atoms. The van der Waals surface area contributed by atoms with Gasteiger partial charge in [0.15, 0.2) is 0 Å². The Morgan fingerprint density at radius 1 is 0.556 bits per heavy atom. The van der Waals surface area contributed by atoms with Crippen molar-refractivity contribution in [2.75, 3.05) is 13.2 Å². The molecule has 198 valence electrons. The second-order valence-corrected chi connectivity index (χ2v) is 14.8. The number of allylic oxidation sites excluding steroid dienone is 4. The van der Waals surface area contributed by atoms with E-state index < -0.39 is 0 Å². The van der Waals surface area contributed by atoms with Crippen LogP contribution in [0.15, 0.2) is 40.2 Å². The van der Waals surface area contributed by atoms with Crippen LogP contribution in [0.5, 0.6) is 11.5 Å². The minimum Gasteiger partial charge on any atom is -0.493 e. The predicted octanol–water partition coefficient (Wildman–Crippen LogP) is 11.7. The van der Waals surface area contributed by atoms with Gasteiger partial charge in [0.1, 0.15) is 11.5 Å². The topological polar surface area (TPSA) is 18.5 Å². The highest BCUT2D eigenvalue weighted by atomic mass is 32.2. The monoisotopic (exact) mass is 562 g/mol. The van der Waals surface area contributed by atoms with Gasteiger partial charge in [0, 0.05) is 19.6 Å². The van der Waals surface area contributed by atoms with Gasteiger partial charge in [-0.2, -0.15) is 0 Å². The third-order valence-electron chi connectivity index (χ3n) is 6.21. The van der Waals surface area contributed by atoms with E-state index in [1.54, 1.807) is 0 Å². The quantitative estimate of drug-likeness (QED) is 0.208. The van der Waals surface area contributed by atoms with E-state index in [0.29, 0.717) is 0 Å². The molecule has 0 unspecified atom stereocenters. The lowest BCUT2D eigenvalue weighted by Gasteiger charge is -2.16. The number of hydrogen-bond acceptors (Lipinski definition) is 6. The van der Waals surface area contributed by atoms with Crippen molar-refractivity contribution in [3.05, 3.63) is 51.4 Å². The number of unbranched alkanes of at least 4 members (excludes halogenated alkanes) is 6. The molecule has 0 radical (unpaired) electrons. The highest BCUT2D eigenvalue weighted by molar-refractivity contribution is 8.29. The number of ether oxygens (including phenoxy) is 2. The molecule has 2 heterocycles. The van der Waals surface area contributed by atoms with Crippen LogP contribution in [0, 0.1) is 0 Å². The van der Waals surface area contributed by atoms with Gasteiger partial charge in [-0.05, 0) is 84.4 Å². The summed E-state index contributed by atoms with van der Waals surface area (Å²) in [6.07, 6.45) is 14.2. The van der Waals surface area contributed by atoms with Gasteiger partial charge >= 0.3 is 0 Å². The Morgan fingerprint density at radius 2 is 0.917 bits per heavy atom. The summed E-state index contributed by atoms with van der Waals surface area (Å²) in [7, 11) is 0. The molecule has 2 aliphatic rings. The van der Waals surface area contributed by atoms with E-state index in [4.69, 9.17) is 9.47 Å². The van der Waals surface area contributed by atoms with E-state index >= 15 is 0 Å². The Bertz CT molecular complexity index is 906. The Kier molecular flexibility index (Phi) is 12.8. The summed E-state index contributed by atoms with van der Waals surface area (Å²) in [5, 5.41) is 0. The maximum Gasteiger partial charge on any atom is 0.127 e. The summed E-state index contributed by atoms with van der Waals surface area (Å²) in [5.41, 5.74) is 2.23. The van der Waals surface area contributed by atoms with E-state index in [9.17, 15) is 0 Å². The molecule has 0 saturated carbocycles. The first kappa shape index (κ1) is 29.7. The summed E-state index contributed by atoms with van der Waals surface area (Å²) < 4.78 is 15.5. The van der Waals surface area contributed by atoms with E-state index in [-0.39, 0.29) is 0 Å². The molecule has 0 N–H and O–H groups in total. The van der Waals surface area contributed by atoms with Gasteiger partial charge in [0.2, 0.25) is 0 Å². The maximum absolute atomic E-state index is 6.42. The minimum absolute atomic E-state index is 0.753. The normalized spacial score (nSPS) is 15.8. The van der Waals surface area contributed by atoms with Crippen molar-refractivity contribution in [1.82, 2.24) is 0 Å². The molecular weight excluding hydrogens is 521 g/mol. The SMILES string of the molecule is CCCCCCOc1cc(C=C2SC(C)=C(C)S2)c(OCCCCCC)cc1C=C1SC(C)=C(C)S1. The summed E-state index contributed by atoms with van der Waals surface area (Å²) in [4.78, 5) is 5.54. The molecule has 2 nitrogen and oxygen atoms in total. The average Bonchev–Trinajstić information content (AvgIpc) is 3.33. The Labute approximate surface area is 236 Å². The molecule has 1 aromatic carbocycles. The third-order valence-corrected chi connectivity index (χ3v) is 11.2. The van der Waals surface area contributed by atoms with Crippen molar-refractivity contribution in [2.24, 2.45) is 0 Å². The molecule has 2 aliphatic heterocycles. The zero-order valence-corrected chi connectivity index (χ0v) is 26.1. The van der Waals surface area contributed by atoms with Gasteiger partial charge in [-0.1, -0.05) is 99.4 Å². The summed E-state index contributed by atoms with van der Waals surface area (Å²) in [6, 6.07) is 4.42. The standard InChI is InChI=1S/C30H42O2S4/c1-7-9-11-13-15-31-27-17-26(20-30-35-23(5)24(6)36-30)28(32-16-14-12-10-8-2)18-25(27)19-29-33-21(3)22(4)34-29/h17-20H,7-16H2,1-6H3. The molecule has 0 saturated heterocycles. The number of benzene rings is 1. The maximum atomic E-state index is 6.42. The van der Waals surface area contributed by atoms with Gasteiger partial charge in [0.25, 0.3) is 0 Å². The molecular formula is C30H42O2S4. The van der Waals surface area contributed by atoms with Gasteiger partial charge in [-0.15, -0.1) is 0 Å². The molecule has 0 atom stereocenters. The fraction of sp³-hybridized carbons (Fsp3) is 0.533. The first-order chi connectivity index (χ1) is 17.4. The molecule has 36 heavy (non-hydrogen) atoms.